The Hall–Kier alpha value is -3.05. The molecule has 0 aliphatic heterocycles. The van der Waals surface area contributed by atoms with Gasteiger partial charge in [0.1, 0.15) is 23.4 Å². The smallest absolute Gasteiger partial charge is 0.334 e. The lowest BCUT2D eigenvalue weighted by atomic mass is 10.0. The van der Waals surface area contributed by atoms with Crippen molar-refractivity contribution in [2.45, 2.75) is 39.8 Å². The zero-order chi connectivity index (χ0) is 27.7. The Morgan fingerprint density at radius 2 is 1.76 bits per heavy atom. The molecule has 1 atom stereocenters. The first-order valence-electron chi connectivity index (χ1n) is 11.2. The molecule has 1 unspecified atom stereocenters. The van der Waals surface area contributed by atoms with Crippen LogP contribution >= 0.6 is 23.5 Å². The number of carbonyl (C=O) groups excluding carboxylic acids is 4. The van der Waals surface area contributed by atoms with Crippen LogP contribution < -0.4 is 10.1 Å². The van der Waals surface area contributed by atoms with Crippen molar-refractivity contribution >= 4 is 52.0 Å². The van der Waals surface area contributed by atoms with Crippen molar-refractivity contribution in [3.05, 3.63) is 53.6 Å². The topological polar surface area (TPSA) is 102 Å². The molecule has 0 aromatic heterocycles. The summed E-state index contributed by atoms with van der Waals surface area (Å²) in [6.45, 7) is 6.22. The summed E-state index contributed by atoms with van der Waals surface area (Å²) < 4.78 is 33.3. The van der Waals surface area contributed by atoms with E-state index in [9.17, 15) is 28.0 Å². The molecule has 0 bridgehead atoms. The van der Waals surface area contributed by atoms with Crippen molar-refractivity contribution in [3.63, 3.8) is 0 Å². The highest BCUT2D eigenvalue weighted by Crippen LogP contribution is 2.31. The number of hydrogen-bond acceptors (Lipinski definition) is 8. The van der Waals surface area contributed by atoms with Crippen molar-refractivity contribution < 1.29 is 32.7 Å². The highest BCUT2D eigenvalue weighted by Gasteiger charge is 2.25. The van der Waals surface area contributed by atoms with Gasteiger partial charge in [-0.1, -0.05) is 17.8 Å². The van der Waals surface area contributed by atoms with E-state index in [-0.39, 0.29) is 51.5 Å². The predicted molar refractivity (Wildman–Crippen MR) is 143 cm³/mol. The predicted octanol–water partition coefficient (Wildman–Crippen LogP) is 4.72. The lowest BCUT2D eigenvalue weighted by Gasteiger charge is -2.17. The fourth-order valence-electron chi connectivity index (χ4n) is 3.18. The number of carbonyl (C=O) groups is 4. The highest BCUT2D eigenvalue weighted by atomic mass is 32.2. The quantitative estimate of drug-likeness (QED) is 0.245. The minimum Gasteiger partial charge on any atom is -0.424 e. The number of thioether (sulfide) groups is 2. The Balaban J connectivity index is 2.47. The molecule has 7 nitrogen and oxygen atoms in total. The van der Waals surface area contributed by atoms with E-state index in [0.29, 0.717) is 0 Å². The Morgan fingerprint density at radius 1 is 1.05 bits per heavy atom. The zero-order valence-electron chi connectivity index (χ0n) is 21.1. The van der Waals surface area contributed by atoms with Gasteiger partial charge in [-0.25, -0.2) is 13.6 Å². The Bertz CT molecular complexity index is 1220. The van der Waals surface area contributed by atoms with Gasteiger partial charge in [0.2, 0.25) is 11.0 Å². The Morgan fingerprint density at radius 3 is 2.32 bits per heavy atom. The van der Waals surface area contributed by atoms with Gasteiger partial charge in [-0.15, -0.1) is 0 Å². The average Bonchev–Trinajstić information content (AvgIpc) is 2.81. The molecule has 11 heteroatoms. The zero-order valence-corrected chi connectivity index (χ0v) is 22.7. The lowest BCUT2D eigenvalue weighted by Crippen LogP contribution is -2.43. The molecule has 0 saturated carbocycles. The standard InChI is InChI=1S/C26H28F2N2O5S2/c1-14(2)29-22(15(3)31)13-37-26(34)20-10-17(19-8-7-18(27)11-21(19)28)6-9-24(20)35-25(33)23(12-36-5)30-16(4)32/h6-11,14,23H,12-13H2,1-5H3,(H,30,32). The normalized spacial score (nSPS) is 12.3. The van der Waals surface area contributed by atoms with Gasteiger partial charge in [0.25, 0.3) is 0 Å². The SMILES string of the molecule is CSCC(NC(C)=O)C(=O)Oc1ccc(-c2ccc(F)cc2F)cc1C(=O)SCC(=NC(C)C)C(C)=O. The van der Waals surface area contributed by atoms with Gasteiger partial charge >= 0.3 is 5.97 Å². The maximum absolute atomic E-state index is 14.4. The van der Waals surface area contributed by atoms with Crippen molar-refractivity contribution in [1.29, 1.82) is 0 Å². The highest BCUT2D eigenvalue weighted by molar-refractivity contribution is 8.14. The number of nitrogens with zero attached hydrogens (tertiary/aromatic N) is 1. The first kappa shape index (κ1) is 30.2. The van der Waals surface area contributed by atoms with Crippen LogP contribution in [0, 0.1) is 11.6 Å². The summed E-state index contributed by atoms with van der Waals surface area (Å²) in [4.78, 5) is 53.7. The fourth-order valence-corrected chi connectivity index (χ4v) is 4.60. The number of nitrogens with one attached hydrogen (secondary N) is 1. The third-order valence-electron chi connectivity index (χ3n) is 4.81. The molecule has 1 amide bonds. The van der Waals surface area contributed by atoms with Crippen molar-refractivity contribution in [2.24, 2.45) is 4.99 Å². The van der Waals surface area contributed by atoms with E-state index in [1.165, 1.54) is 49.9 Å². The summed E-state index contributed by atoms with van der Waals surface area (Å²) in [5, 5.41) is 1.96. The average molecular weight is 551 g/mol. The summed E-state index contributed by atoms with van der Waals surface area (Å²) in [7, 11) is 0. The number of ketones is 1. The summed E-state index contributed by atoms with van der Waals surface area (Å²) in [5.74, 6) is -2.95. The number of aliphatic imine (C=N–C) groups is 1. The minimum absolute atomic E-state index is 0.0180. The molecule has 0 aliphatic carbocycles. The van der Waals surface area contributed by atoms with Gasteiger partial charge in [0.15, 0.2) is 5.78 Å². The van der Waals surface area contributed by atoms with E-state index in [0.717, 1.165) is 23.9 Å². The molecule has 2 aromatic carbocycles. The fraction of sp³-hybridized carbons (Fsp3) is 0.346. The Kier molecular flexibility index (Phi) is 11.4. The number of benzene rings is 2. The number of Topliss-reactive ketones (excluding diaryl/α,β-unsaturated/α-hetero) is 1. The van der Waals surface area contributed by atoms with Gasteiger partial charge in [0.05, 0.1) is 11.3 Å². The molecule has 0 spiro atoms. The summed E-state index contributed by atoms with van der Waals surface area (Å²) >= 11 is 2.10. The van der Waals surface area contributed by atoms with Gasteiger partial charge in [-0.3, -0.25) is 19.4 Å². The van der Waals surface area contributed by atoms with Crippen LogP contribution in [0.2, 0.25) is 0 Å². The van der Waals surface area contributed by atoms with Crippen molar-refractivity contribution in [3.8, 4) is 16.9 Å². The summed E-state index contributed by atoms with van der Waals surface area (Å²) in [6, 6.07) is 6.04. The number of hydrogen-bond donors (Lipinski definition) is 1. The van der Waals surface area contributed by atoms with E-state index in [1.54, 1.807) is 20.1 Å². The van der Waals surface area contributed by atoms with E-state index in [1.807, 2.05) is 0 Å². The molecule has 1 N–H and O–H groups in total. The van der Waals surface area contributed by atoms with Crippen molar-refractivity contribution in [1.82, 2.24) is 5.32 Å². The second-order valence-corrected chi connectivity index (χ2v) is 10.1. The first-order valence-corrected chi connectivity index (χ1v) is 13.6. The van der Waals surface area contributed by atoms with Gasteiger partial charge in [0, 0.05) is 43.0 Å². The van der Waals surface area contributed by atoms with E-state index < -0.39 is 34.7 Å². The van der Waals surface area contributed by atoms with E-state index in [4.69, 9.17) is 4.74 Å². The molecular formula is C26H28F2N2O5S2. The largest absolute Gasteiger partial charge is 0.424 e. The van der Waals surface area contributed by atoms with Crippen LogP contribution in [0.3, 0.4) is 0 Å². The monoisotopic (exact) mass is 550 g/mol. The molecule has 0 fully saturated rings. The van der Waals surface area contributed by atoms with Crippen LogP contribution in [0.25, 0.3) is 11.1 Å². The second kappa shape index (κ2) is 14.0. The molecule has 0 saturated heterocycles. The maximum atomic E-state index is 14.4. The number of esters is 1. The van der Waals surface area contributed by atoms with Crippen LogP contribution in [0.15, 0.2) is 41.4 Å². The number of amides is 1. The maximum Gasteiger partial charge on any atom is 0.334 e. The Labute approximate surface area is 222 Å². The van der Waals surface area contributed by atoms with Crippen LogP contribution in [0.1, 0.15) is 38.1 Å². The third kappa shape index (κ3) is 9.08. The second-order valence-electron chi connectivity index (χ2n) is 8.27. The first-order chi connectivity index (χ1) is 17.4. The lowest BCUT2D eigenvalue weighted by molar-refractivity contribution is -0.138. The third-order valence-corrected chi connectivity index (χ3v) is 6.37. The molecule has 2 rings (SSSR count). The molecular weight excluding hydrogens is 522 g/mol. The molecule has 0 aliphatic rings. The van der Waals surface area contributed by atoms with Crippen LogP contribution in [0.5, 0.6) is 5.75 Å². The summed E-state index contributed by atoms with van der Waals surface area (Å²) in [5.41, 5.74) is 0.463. The van der Waals surface area contributed by atoms with Crippen LogP contribution in [-0.2, 0) is 14.4 Å². The van der Waals surface area contributed by atoms with Gasteiger partial charge < -0.3 is 10.1 Å². The van der Waals surface area contributed by atoms with Gasteiger partial charge in [-0.2, -0.15) is 11.8 Å². The number of ether oxygens (including phenoxy) is 1. The van der Waals surface area contributed by atoms with Crippen LogP contribution in [-0.4, -0.2) is 58.3 Å². The molecule has 37 heavy (non-hydrogen) atoms. The van der Waals surface area contributed by atoms with Crippen molar-refractivity contribution in [2.75, 3.05) is 17.8 Å². The molecule has 0 radical (unpaired) electrons. The molecule has 198 valence electrons. The number of halogens is 2. The molecule has 0 heterocycles. The number of rotatable bonds is 11. The molecule has 2 aromatic rings. The van der Waals surface area contributed by atoms with Crippen LogP contribution in [0.4, 0.5) is 8.78 Å². The summed E-state index contributed by atoms with van der Waals surface area (Å²) in [6.07, 6.45) is 1.76. The van der Waals surface area contributed by atoms with E-state index in [2.05, 4.69) is 10.3 Å². The minimum atomic E-state index is -0.959. The van der Waals surface area contributed by atoms with Gasteiger partial charge in [-0.05, 0) is 49.9 Å². The van der Waals surface area contributed by atoms with E-state index >= 15 is 0 Å².